The zero-order chi connectivity index (χ0) is 34.8. The highest BCUT2D eigenvalue weighted by Crippen LogP contribution is 2.46. The molecule has 10 rings (SSSR count). The summed E-state index contributed by atoms with van der Waals surface area (Å²) in [5.74, 6) is 1.35. The molecule has 10 aromatic rings. The number of para-hydroxylation sites is 2. The van der Waals surface area contributed by atoms with Gasteiger partial charge in [-0.1, -0.05) is 147 Å². The molecule has 1 heterocycles. The highest BCUT2D eigenvalue weighted by atomic mass is 15.1. The van der Waals surface area contributed by atoms with Crippen LogP contribution >= 0.6 is 0 Å². The van der Waals surface area contributed by atoms with Crippen molar-refractivity contribution in [3.8, 4) is 39.1 Å². The largest absolute Gasteiger partial charge is 0.296 e. The molecule has 0 fully saturated rings. The van der Waals surface area contributed by atoms with E-state index in [1.807, 2.05) is 0 Å². The van der Waals surface area contributed by atoms with E-state index in [1.165, 1.54) is 76.5 Å². The lowest BCUT2D eigenvalue weighted by atomic mass is 9.84. The quantitative estimate of drug-likeness (QED) is 0.167. The van der Waals surface area contributed by atoms with Crippen molar-refractivity contribution in [3.63, 3.8) is 0 Å². The van der Waals surface area contributed by atoms with Gasteiger partial charge < -0.3 is 0 Å². The topological polar surface area (TPSA) is 17.8 Å². The van der Waals surface area contributed by atoms with Crippen LogP contribution in [0.2, 0.25) is 0 Å². The van der Waals surface area contributed by atoms with Gasteiger partial charge in [-0.25, -0.2) is 4.98 Å². The first kappa shape index (κ1) is 30.3. The van der Waals surface area contributed by atoms with Crippen molar-refractivity contribution in [1.82, 2.24) is 9.55 Å². The SMILES string of the molecule is CC(C)c1nc2ccccc2n1-c1cccc(-c2ccc3c(-c4ccc5ccccc5c4)c4ccccc4c(-c4ccc5ccccc5c4)c3c2)c1. The molecule has 0 N–H and O–H groups in total. The van der Waals surface area contributed by atoms with Crippen LogP contribution in [0.5, 0.6) is 0 Å². The first-order chi connectivity index (χ1) is 25.6. The van der Waals surface area contributed by atoms with Crippen LogP contribution in [0.1, 0.15) is 25.6 Å². The molecule has 0 amide bonds. The van der Waals surface area contributed by atoms with E-state index >= 15 is 0 Å². The van der Waals surface area contributed by atoms with Crippen molar-refractivity contribution in [2.45, 2.75) is 19.8 Å². The van der Waals surface area contributed by atoms with E-state index in [0.717, 1.165) is 22.5 Å². The molecule has 0 radical (unpaired) electrons. The molecule has 0 aliphatic heterocycles. The minimum atomic E-state index is 0.281. The Morgan fingerprint density at radius 1 is 0.404 bits per heavy atom. The molecule has 0 saturated heterocycles. The maximum atomic E-state index is 5.05. The van der Waals surface area contributed by atoms with Gasteiger partial charge in [-0.2, -0.15) is 0 Å². The Balaban J connectivity index is 1.25. The molecule has 0 atom stereocenters. The third kappa shape index (κ3) is 4.91. The molecular weight excluding hydrogens is 629 g/mol. The molecule has 0 unspecified atom stereocenters. The number of hydrogen-bond donors (Lipinski definition) is 0. The van der Waals surface area contributed by atoms with Gasteiger partial charge in [0.15, 0.2) is 0 Å². The van der Waals surface area contributed by atoms with Gasteiger partial charge in [0.1, 0.15) is 5.82 Å². The summed E-state index contributed by atoms with van der Waals surface area (Å²) >= 11 is 0. The van der Waals surface area contributed by atoms with Gasteiger partial charge in [-0.05, 0) is 119 Å². The van der Waals surface area contributed by atoms with Crippen molar-refractivity contribution >= 4 is 54.1 Å². The number of benzene rings is 9. The summed E-state index contributed by atoms with van der Waals surface area (Å²) in [6, 6.07) is 64.5. The second kappa shape index (κ2) is 12.1. The van der Waals surface area contributed by atoms with Crippen molar-refractivity contribution < 1.29 is 0 Å². The van der Waals surface area contributed by atoms with Crippen molar-refractivity contribution in [2.24, 2.45) is 0 Å². The highest BCUT2D eigenvalue weighted by Gasteiger charge is 2.19. The average Bonchev–Trinajstić information content (AvgIpc) is 3.60. The molecular formula is C50H36N2. The number of rotatable bonds is 5. The van der Waals surface area contributed by atoms with Gasteiger partial charge in [0.2, 0.25) is 0 Å². The molecule has 52 heavy (non-hydrogen) atoms. The van der Waals surface area contributed by atoms with E-state index in [0.29, 0.717) is 0 Å². The number of hydrogen-bond acceptors (Lipinski definition) is 1. The van der Waals surface area contributed by atoms with Crippen LogP contribution in [0.3, 0.4) is 0 Å². The van der Waals surface area contributed by atoms with E-state index in [-0.39, 0.29) is 5.92 Å². The lowest BCUT2D eigenvalue weighted by molar-refractivity contribution is 0.760. The lowest BCUT2D eigenvalue weighted by Crippen LogP contribution is -2.03. The molecule has 0 spiro atoms. The second-order valence-electron chi connectivity index (χ2n) is 14.2. The normalized spacial score (nSPS) is 11.8. The zero-order valence-corrected chi connectivity index (χ0v) is 29.2. The molecule has 0 aliphatic rings. The van der Waals surface area contributed by atoms with Crippen molar-refractivity contribution in [1.29, 1.82) is 0 Å². The van der Waals surface area contributed by atoms with Crippen LogP contribution in [-0.4, -0.2) is 9.55 Å². The van der Waals surface area contributed by atoms with Crippen LogP contribution in [0.25, 0.3) is 93.2 Å². The first-order valence-corrected chi connectivity index (χ1v) is 18.2. The molecule has 9 aromatic carbocycles. The number of imidazole rings is 1. The third-order valence-electron chi connectivity index (χ3n) is 10.6. The van der Waals surface area contributed by atoms with Crippen LogP contribution in [0, 0.1) is 0 Å². The second-order valence-corrected chi connectivity index (χ2v) is 14.2. The number of fused-ring (bicyclic) bond motifs is 5. The summed E-state index contributed by atoms with van der Waals surface area (Å²) in [6.07, 6.45) is 0. The average molecular weight is 665 g/mol. The third-order valence-corrected chi connectivity index (χ3v) is 10.6. The predicted octanol–water partition coefficient (Wildman–Crippen LogP) is 13.8. The fourth-order valence-electron chi connectivity index (χ4n) is 8.20. The summed E-state index contributed by atoms with van der Waals surface area (Å²) in [6.45, 7) is 4.44. The van der Waals surface area contributed by atoms with Crippen LogP contribution < -0.4 is 0 Å². The van der Waals surface area contributed by atoms with Crippen LogP contribution in [0.15, 0.2) is 176 Å². The standard InChI is InChI=1S/C50H36N2/c1-32(2)50-51-46-20-9-10-21-47(46)52(50)41-17-11-16-37(30-41)38-26-27-44-45(31-38)49(40-25-23-34-13-4-6-15-36(34)29-40)43-19-8-7-18-42(43)48(44)39-24-22-33-12-3-5-14-35(33)28-39/h3-32H,1-2H3. The van der Waals surface area contributed by atoms with E-state index in [1.54, 1.807) is 0 Å². The molecule has 0 aliphatic carbocycles. The Bertz CT molecular complexity index is 3000. The highest BCUT2D eigenvalue weighted by molar-refractivity contribution is 6.22. The fraction of sp³-hybridized carbons (Fsp3) is 0.0600. The van der Waals surface area contributed by atoms with Gasteiger partial charge >= 0.3 is 0 Å². The minimum absolute atomic E-state index is 0.281. The van der Waals surface area contributed by atoms with Crippen LogP contribution in [-0.2, 0) is 0 Å². The van der Waals surface area contributed by atoms with E-state index < -0.39 is 0 Å². The Morgan fingerprint density at radius 2 is 0.942 bits per heavy atom. The maximum Gasteiger partial charge on any atom is 0.117 e. The molecule has 0 saturated carbocycles. The van der Waals surface area contributed by atoms with Gasteiger partial charge in [-0.3, -0.25) is 4.57 Å². The molecule has 2 nitrogen and oxygen atoms in total. The van der Waals surface area contributed by atoms with Crippen molar-refractivity contribution in [3.05, 3.63) is 182 Å². The summed E-state index contributed by atoms with van der Waals surface area (Å²) in [5, 5.41) is 10.0. The Hall–Kier alpha value is -6.51. The molecule has 246 valence electrons. The van der Waals surface area contributed by atoms with Crippen LogP contribution in [0.4, 0.5) is 0 Å². The van der Waals surface area contributed by atoms with E-state index in [9.17, 15) is 0 Å². The van der Waals surface area contributed by atoms with Crippen molar-refractivity contribution in [2.75, 3.05) is 0 Å². The first-order valence-electron chi connectivity index (χ1n) is 18.2. The summed E-state index contributed by atoms with van der Waals surface area (Å²) in [7, 11) is 0. The molecule has 0 bridgehead atoms. The summed E-state index contributed by atoms with van der Waals surface area (Å²) in [5.41, 5.74) is 10.6. The van der Waals surface area contributed by atoms with Gasteiger partial charge in [0.25, 0.3) is 0 Å². The summed E-state index contributed by atoms with van der Waals surface area (Å²) < 4.78 is 2.33. The zero-order valence-electron chi connectivity index (χ0n) is 29.2. The van der Waals surface area contributed by atoms with Gasteiger partial charge in [0, 0.05) is 11.6 Å². The van der Waals surface area contributed by atoms with E-state index in [4.69, 9.17) is 4.98 Å². The molecule has 2 heteroatoms. The Labute approximate surface area is 303 Å². The number of aromatic nitrogens is 2. The molecule has 1 aromatic heterocycles. The predicted molar refractivity (Wildman–Crippen MR) is 221 cm³/mol. The maximum absolute atomic E-state index is 5.05. The Kier molecular flexibility index (Phi) is 7.04. The Morgan fingerprint density at radius 3 is 1.62 bits per heavy atom. The van der Waals surface area contributed by atoms with Gasteiger partial charge in [-0.15, -0.1) is 0 Å². The smallest absolute Gasteiger partial charge is 0.117 e. The summed E-state index contributed by atoms with van der Waals surface area (Å²) in [4.78, 5) is 5.05. The fourth-order valence-corrected chi connectivity index (χ4v) is 8.20. The van der Waals surface area contributed by atoms with E-state index in [2.05, 4.69) is 194 Å². The lowest BCUT2D eigenvalue weighted by Gasteiger charge is -2.19. The van der Waals surface area contributed by atoms with Gasteiger partial charge in [0.05, 0.1) is 11.0 Å². The monoisotopic (exact) mass is 664 g/mol. The number of nitrogens with zero attached hydrogens (tertiary/aromatic N) is 2. The minimum Gasteiger partial charge on any atom is -0.296 e.